The molecular formula is C15H21N3O. The fourth-order valence-electron chi connectivity index (χ4n) is 2.23. The number of furan rings is 1. The molecule has 2 aromatic heterocycles. The van der Waals surface area contributed by atoms with Crippen LogP contribution in [0.25, 0.3) is 0 Å². The number of pyridine rings is 1. The van der Waals surface area contributed by atoms with Crippen molar-refractivity contribution in [2.24, 2.45) is 0 Å². The van der Waals surface area contributed by atoms with Gasteiger partial charge in [0.05, 0.1) is 6.26 Å². The first kappa shape index (κ1) is 13.6. The molecule has 0 atom stereocenters. The molecule has 0 aliphatic rings. The highest BCUT2D eigenvalue weighted by molar-refractivity contribution is 5.47. The molecule has 0 saturated heterocycles. The Balaban J connectivity index is 2.15. The van der Waals surface area contributed by atoms with Gasteiger partial charge in [0, 0.05) is 31.9 Å². The van der Waals surface area contributed by atoms with E-state index in [2.05, 4.69) is 35.2 Å². The molecule has 2 heterocycles. The molecular weight excluding hydrogens is 238 g/mol. The molecule has 0 aromatic carbocycles. The average Bonchev–Trinajstić information content (AvgIpc) is 2.75. The van der Waals surface area contributed by atoms with Gasteiger partial charge >= 0.3 is 0 Å². The fourth-order valence-corrected chi connectivity index (χ4v) is 2.23. The second kappa shape index (κ2) is 5.89. The predicted molar refractivity (Wildman–Crippen MR) is 77.3 cm³/mol. The zero-order chi connectivity index (χ0) is 13.8. The topological polar surface area (TPSA) is 41.3 Å². The van der Waals surface area contributed by atoms with Gasteiger partial charge < -0.3 is 14.6 Å². The molecule has 102 valence electrons. The molecule has 0 radical (unpaired) electrons. The Bertz CT molecular complexity index is 548. The maximum atomic E-state index is 5.33. The van der Waals surface area contributed by atoms with Gasteiger partial charge in [0.25, 0.3) is 0 Å². The summed E-state index contributed by atoms with van der Waals surface area (Å²) in [5.41, 5.74) is 3.59. The molecule has 0 amide bonds. The van der Waals surface area contributed by atoms with E-state index in [4.69, 9.17) is 4.42 Å². The lowest BCUT2D eigenvalue weighted by molar-refractivity contribution is 0.529. The number of nitrogens with one attached hydrogen (secondary N) is 1. The Morgan fingerprint density at radius 3 is 2.74 bits per heavy atom. The number of rotatable bonds is 5. The van der Waals surface area contributed by atoms with Crippen LogP contribution in [-0.2, 0) is 13.1 Å². The molecule has 0 aliphatic heterocycles. The lowest BCUT2D eigenvalue weighted by atomic mass is 10.2. The largest absolute Gasteiger partial charge is 0.469 e. The SMILES string of the molecule is CNCc1cnc(N(C)Cc2ccoc2C)c(C)c1. The zero-order valence-electron chi connectivity index (χ0n) is 12.0. The van der Waals surface area contributed by atoms with Gasteiger partial charge in [0.1, 0.15) is 11.6 Å². The number of hydrogen-bond acceptors (Lipinski definition) is 4. The first-order valence-corrected chi connectivity index (χ1v) is 6.46. The van der Waals surface area contributed by atoms with E-state index in [1.807, 2.05) is 26.2 Å². The Labute approximate surface area is 114 Å². The quantitative estimate of drug-likeness (QED) is 0.896. The molecule has 0 spiro atoms. The highest BCUT2D eigenvalue weighted by Gasteiger charge is 2.10. The summed E-state index contributed by atoms with van der Waals surface area (Å²) in [6.45, 7) is 5.74. The van der Waals surface area contributed by atoms with Gasteiger partial charge in [-0.1, -0.05) is 0 Å². The smallest absolute Gasteiger partial charge is 0.131 e. The summed E-state index contributed by atoms with van der Waals surface area (Å²) in [5.74, 6) is 1.98. The average molecular weight is 259 g/mol. The molecule has 1 N–H and O–H groups in total. The van der Waals surface area contributed by atoms with Crippen molar-refractivity contribution in [3.63, 3.8) is 0 Å². The maximum absolute atomic E-state index is 5.33. The molecule has 2 aromatic rings. The van der Waals surface area contributed by atoms with Crippen LogP contribution < -0.4 is 10.2 Å². The Morgan fingerprint density at radius 2 is 2.16 bits per heavy atom. The Morgan fingerprint density at radius 1 is 1.37 bits per heavy atom. The summed E-state index contributed by atoms with van der Waals surface area (Å²) in [6, 6.07) is 4.19. The maximum Gasteiger partial charge on any atom is 0.131 e. The summed E-state index contributed by atoms with van der Waals surface area (Å²) < 4.78 is 5.33. The van der Waals surface area contributed by atoms with Crippen molar-refractivity contribution in [3.8, 4) is 0 Å². The molecule has 0 bridgehead atoms. The summed E-state index contributed by atoms with van der Waals surface area (Å²) in [5, 5.41) is 3.14. The standard InChI is InChI=1S/C15H21N3O/c1-11-7-13(8-16-3)9-17-15(11)18(4)10-14-5-6-19-12(14)2/h5-7,9,16H,8,10H2,1-4H3. The van der Waals surface area contributed by atoms with Crippen LogP contribution in [0.2, 0.25) is 0 Å². The number of hydrogen-bond donors (Lipinski definition) is 1. The number of aryl methyl sites for hydroxylation is 2. The van der Waals surface area contributed by atoms with Crippen LogP contribution in [0.5, 0.6) is 0 Å². The first-order valence-electron chi connectivity index (χ1n) is 6.46. The van der Waals surface area contributed by atoms with Crippen molar-refractivity contribution < 1.29 is 4.42 Å². The lowest BCUT2D eigenvalue weighted by Crippen LogP contribution is -2.19. The van der Waals surface area contributed by atoms with E-state index in [0.717, 1.165) is 24.7 Å². The first-order chi connectivity index (χ1) is 9.11. The number of aromatic nitrogens is 1. The van der Waals surface area contributed by atoms with Crippen molar-refractivity contribution in [1.29, 1.82) is 0 Å². The van der Waals surface area contributed by atoms with Crippen molar-refractivity contribution in [2.45, 2.75) is 26.9 Å². The third-order valence-corrected chi connectivity index (χ3v) is 3.22. The minimum atomic E-state index is 0.807. The van der Waals surface area contributed by atoms with E-state index in [-0.39, 0.29) is 0 Å². The van der Waals surface area contributed by atoms with E-state index in [1.54, 1.807) is 6.26 Å². The van der Waals surface area contributed by atoms with Gasteiger partial charge in [-0.05, 0) is 44.2 Å². The summed E-state index contributed by atoms with van der Waals surface area (Å²) in [4.78, 5) is 6.71. The van der Waals surface area contributed by atoms with Gasteiger partial charge in [-0.15, -0.1) is 0 Å². The molecule has 4 heteroatoms. The summed E-state index contributed by atoms with van der Waals surface area (Å²) >= 11 is 0. The van der Waals surface area contributed by atoms with E-state index in [1.165, 1.54) is 16.7 Å². The lowest BCUT2D eigenvalue weighted by Gasteiger charge is -2.20. The van der Waals surface area contributed by atoms with Gasteiger partial charge in [-0.2, -0.15) is 0 Å². The predicted octanol–water partition coefficient (Wildman–Crippen LogP) is 2.65. The van der Waals surface area contributed by atoms with Crippen LogP contribution >= 0.6 is 0 Å². The Hall–Kier alpha value is -1.81. The number of nitrogens with zero attached hydrogens (tertiary/aromatic N) is 2. The third-order valence-electron chi connectivity index (χ3n) is 3.22. The monoisotopic (exact) mass is 259 g/mol. The highest BCUT2D eigenvalue weighted by Crippen LogP contribution is 2.20. The molecule has 0 saturated carbocycles. The summed E-state index contributed by atoms with van der Waals surface area (Å²) in [7, 11) is 4.00. The third kappa shape index (κ3) is 3.15. The van der Waals surface area contributed by atoms with Gasteiger partial charge in [0.15, 0.2) is 0 Å². The molecule has 4 nitrogen and oxygen atoms in total. The normalized spacial score (nSPS) is 10.7. The van der Waals surface area contributed by atoms with Crippen molar-refractivity contribution >= 4 is 5.82 Å². The second-order valence-corrected chi connectivity index (χ2v) is 4.87. The van der Waals surface area contributed by atoms with Gasteiger partial charge in [-0.3, -0.25) is 0 Å². The van der Waals surface area contributed by atoms with Gasteiger partial charge in [-0.25, -0.2) is 4.98 Å². The zero-order valence-corrected chi connectivity index (χ0v) is 12.0. The minimum absolute atomic E-state index is 0.807. The molecule has 0 fully saturated rings. The fraction of sp³-hybridized carbons (Fsp3) is 0.400. The van der Waals surface area contributed by atoms with Crippen LogP contribution in [0.3, 0.4) is 0 Å². The molecule has 2 rings (SSSR count). The van der Waals surface area contributed by atoms with E-state index in [9.17, 15) is 0 Å². The van der Waals surface area contributed by atoms with Crippen LogP contribution in [0.15, 0.2) is 29.0 Å². The van der Waals surface area contributed by atoms with Gasteiger partial charge in [0.2, 0.25) is 0 Å². The van der Waals surface area contributed by atoms with Crippen LogP contribution in [-0.4, -0.2) is 19.1 Å². The van der Waals surface area contributed by atoms with E-state index >= 15 is 0 Å². The van der Waals surface area contributed by atoms with Crippen molar-refractivity contribution in [3.05, 3.63) is 47.0 Å². The molecule has 0 aliphatic carbocycles. The summed E-state index contributed by atoms with van der Waals surface area (Å²) in [6.07, 6.45) is 3.66. The van der Waals surface area contributed by atoms with E-state index < -0.39 is 0 Å². The minimum Gasteiger partial charge on any atom is -0.469 e. The highest BCUT2D eigenvalue weighted by atomic mass is 16.3. The van der Waals surface area contributed by atoms with E-state index in [0.29, 0.717) is 0 Å². The second-order valence-electron chi connectivity index (χ2n) is 4.87. The van der Waals surface area contributed by atoms with Crippen molar-refractivity contribution in [1.82, 2.24) is 10.3 Å². The molecule has 19 heavy (non-hydrogen) atoms. The van der Waals surface area contributed by atoms with Crippen LogP contribution in [0.4, 0.5) is 5.82 Å². The Kier molecular flexibility index (Phi) is 4.22. The van der Waals surface area contributed by atoms with Crippen molar-refractivity contribution in [2.75, 3.05) is 19.0 Å². The number of anilines is 1. The van der Waals surface area contributed by atoms with Crippen LogP contribution in [0, 0.1) is 13.8 Å². The molecule has 0 unspecified atom stereocenters. The van der Waals surface area contributed by atoms with Crippen LogP contribution in [0.1, 0.15) is 22.5 Å².